The molecule has 3 nitrogen and oxygen atoms in total. The number of rotatable bonds is 6. The highest BCUT2D eigenvalue weighted by atomic mass is 14.9. The Hall–Kier alpha value is -2.68. The van der Waals surface area contributed by atoms with Crippen molar-refractivity contribution >= 4 is 16.6 Å². The van der Waals surface area contributed by atoms with Gasteiger partial charge in [-0.2, -0.15) is 0 Å². The Morgan fingerprint density at radius 2 is 1.80 bits per heavy atom. The van der Waals surface area contributed by atoms with Crippen molar-refractivity contribution in [3.05, 3.63) is 77.4 Å². The highest BCUT2D eigenvalue weighted by Gasteiger charge is 2.09. The predicted molar refractivity (Wildman–Crippen MR) is 106 cm³/mol. The molecule has 0 saturated heterocycles. The van der Waals surface area contributed by atoms with Crippen LogP contribution in [0.4, 0.5) is 5.69 Å². The molecule has 2 aromatic carbocycles. The van der Waals surface area contributed by atoms with Crippen LogP contribution in [0.25, 0.3) is 10.9 Å². The molecule has 0 amide bonds. The molecule has 0 aliphatic rings. The first-order chi connectivity index (χ1) is 12.1. The SMILES string of the molecule is C=C(C)Nc1cccc(Cc2ncnc3cc(CC)c(CC)cc23)c1. The average molecular weight is 331 g/mol. The van der Waals surface area contributed by atoms with Gasteiger partial charge in [0, 0.05) is 23.2 Å². The van der Waals surface area contributed by atoms with Crippen LogP contribution in [0.2, 0.25) is 0 Å². The van der Waals surface area contributed by atoms with Gasteiger partial charge in [0.15, 0.2) is 0 Å². The fourth-order valence-electron chi connectivity index (χ4n) is 3.24. The number of aryl methyl sites for hydroxylation is 2. The lowest BCUT2D eigenvalue weighted by atomic mass is 9.97. The molecule has 0 fully saturated rings. The lowest BCUT2D eigenvalue weighted by Crippen LogP contribution is -2.00. The lowest BCUT2D eigenvalue weighted by Gasteiger charge is -2.12. The van der Waals surface area contributed by atoms with Crippen LogP contribution in [0, 0.1) is 0 Å². The molecule has 1 heterocycles. The summed E-state index contributed by atoms with van der Waals surface area (Å²) < 4.78 is 0. The average Bonchev–Trinajstić information content (AvgIpc) is 2.60. The second-order valence-electron chi connectivity index (χ2n) is 6.45. The molecule has 0 spiro atoms. The minimum atomic E-state index is 0.791. The Labute approximate surface area is 149 Å². The maximum absolute atomic E-state index is 4.57. The number of allylic oxidation sites excluding steroid dienone is 1. The van der Waals surface area contributed by atoms with Gasteiger partial charge in [-0.05, 0) is 60.7 Å². The third-order valence-corrected chi connectivity index (χ3v) is 4.46. The molecular formula is C22H25N3. The fourth-order valence-corrected chi connectivity index (χ4v) is 3.24. The Kier molecular flexibility index (Phi) is 5.13. The number of nitrogens with zero attached hydrogens (tertiary/aromatic N) is 2. The molecule has 0 atom stereocenters. The third-order valence-electron chi connectivity index (χ3n) is 4.46. The number of hydrogen-bond acceptors (Lipinski definition) is 3. The highest BCUT2D eigenvalue weighted by molar-refractivity contribution is 5.83. The zero-order chi connectivity index (χ0) is 17.8. The summed E-state index contributed by atoms with van der Waals surface area (Å²) in [5.41, 5.74) is 8.11. The zero-order valence-corrected chi connectivity index (χ0v) is 15.3. The van der Waals surface area contributed by atoms with E-state index < -0.39 is 0 Å². The van der Waals surface area contributed by atoms with Gasteiger partial charge in [-0.25, -0.2) is 9.97 Å². The molecule has 0 unspecified atom stereocenters. The predicted octanol–water partition coefficient (Wildman–Crippen LogP) is 5.29. The lowest BCUT2D eigenvalue weighted by molar-refractivity contribution is 1.03. The van der Waals surface area contributed by atoms with Crippen LogP contribution < -0.4 is 5.32 Å². The van der Waals surface area contributed by atoms with Crippen molar-refractivity contribution in [1.29, 1.82) is 0 Å². The summed E-state index contributed by atoms with van der Waals surface area (Å²) in [5.74, 6) is 0. The quantitative estimate of drug-likeness (QED) is 0.667. The van der Waals surface area contributed by atoms with E-state index >= 15 is 0 Å². The Morgan fingerprint density at radius 3 is 2.52 bits per heavy atom. The Morgan fingerprint density at radius 1 is 1.04 bits per heavy atom. The number of anilines is 1. The third kappa shape index (κ3) is 3.87. The van der Waals surface area contributed by atoms with Crippen LogP contribution in [0.5, 0.6) is 0 Å². The van der Waals surface area contributed by atoms with Crippen LogP contribution in [0.3, 0.4) is 0 Å². The van der Waals surface area contributed by atoms with Gasteiger partial charge in [0.25, 0.3) is 0 Å². The molecule has 0 saturated carbocycles. The first kappa shape index (κ1) is 17.2. The van der Waals surface area contributed by atoms with Gasteiger partial charge in [0.05, 0.1) is 11.2 Å². The topological polar surface area (TPSA) is 37.8 Å². The maximum atomic E-state index is 4.57. The zero-order valence-electron chi connectivity index (χ0n) is 15.3. The van der Waals surface area contributed by atoms with E-state index in [9.17, 15) is 0 Å². The largest absolute Gasteiger partial charge is 0.360 e. The molecule has 3 aromatic rings. The summed E-state index contributed by atoms with van der Waals surface area (Å²) >= 11 is 0. The summed E-state index contributed by atoms with van der Waals surface area (Å²) in [6.07, 6.45) is 4.54. The van der Waals surface area contributed by atoms with Crippen molar-refractivity contribution in [3.63, 3.8) is 0 Å². The van der Waals surface area contributed by atoms with Crippen LogP contribution in [0.1, 0.15) is 43.2 Å². The molecule has 3 heteroatoms. The molecular weight excluding hydrogens is 306 g/mol. The maximum Gasteiger partial charge on any atom is 0.116 e. The molecule has 0 radical (unpaired) electrons. The van der Waals surface area contributed by atoms with Gasteiger partial charge in [0.1, 0.15) is 6.33 Å². The molecule has 3 rings (SSSR count). The van der Waals surface area contributed by atoms with Crippen molar-refractivity contribution < 1.29 is 0 Å². The van der Waals surface area contributed by atoms with Crippen molar-refractivity contribution in [2.24, 2.45) is 0 Å². The minimum Gasteiger partial charge on any atom is -0.360 e. The normalized spacial score (nSPS) is 10.8. The van der Waals surface area contributed by atoms with Gasteiger partial charge in [0.2, 0.25) is 0 Å². The van der Waals surface area contributed by atoms with Crippen LogP contribution >= 0.6 is 0 Å². The van der Waals surface area contributed by atoms with Gasteiger partial charge >= 0.3 is 0 Å². The van der Waals surface area contributed by atoms with Crippen molar-refractivity contribution in [3.8, 4) is 0 Å². The number of nitrogens with one attached hydrogen (secondary N) is 1. The number of hydrogen-bond donors (Lipinski definition) is 1. The van der Waals surface area contributed by atoms with Crippen LogP contribution in [0.15, 0.2) is 55.0 Å². The van der Waals surface area contributed by atoms with Gasteiger partial charge in [-0.3, -0.25) is 0 Å². The standard InChI is InChI=1S/C22H25N3/c1-5-17-12-20-21(23-14-24-22(20)13-18(17)6-2)11-16-8-7-9-19(10-16)25-15(3)4/h7-10,12-14,25H,3,5-6,11H2,1-2,4H3. The van der Waals surface area contributed by atoms with Crippen LogP contribution in [-0.4, -0.2) is 9.97 Å². The summed E-state index contributed by atoms with van der Waals surface area (Å²) in [6.45, 7) is 10.3. The first-order valence-corrected chi connectivity index (χ1v) is 8.87. The molecule has 0 bridgehead atoms. The Balaban J connectivity index is 2.00. The molecule has 1 N–H and O–H groups in total. The van der Waals surface area contributed by atoms with Crippen molar-refractivity contribution in [2.45, 2.75) is 40.0 Å². The van der Waals surface area contributed by atoms with E-state index in [0.717, 1.165) is 47.2 Å². The monoisotopic (exact) mass is 331 g/mol. The summed E-state index contributed by atoms with van der Waals surface area (Å²) in [6, 6.07) is 12.9. The van der Waals surface area contributed by atoms with E-state index in [4.69, 9.17) is 0 Å². The van der Waals surface area contributed by atoms with E-state index in [-0.39, 0.29) is 0 Å². The van der Waals surface area contributed by atoms with E-state index in [1.54, 1.807) is 6.33 Å². The second-order valence-corrected chi connectivity index (χ2v) is 6.45. The minimum absolute atomic E-state index is 0.791. The van der Waals surface area contributed by atoms with Crippen molar-refractivity contribution in [1.82, 2.24) is 9.97 Å². The fraction of sp³-hybridized carbons (Fsp3) is 0.273. The molecule has 0 aliphatic carbocycles. The van der Waals surface area contributed by atoms with E-state index in [1.807, 2.05) is 6.92 Å². The number of aromatic nitrogens is 2. The number of fused-ring (bicyclic) bond motifs is 1. The van der Waals surface area contributed by atoms with Gasteiger partial charge in [-0.1, -0.05) is 32.6 Å². The molecule has 25 heavy (non-hydrogen) atoms. The van der Waals surface area contributed by atoms with Gasteiger partial charge in [-0.15, -0.1) is 0 Å². The second kappa shape index (κ2) is 7.47. The summed E-state index contributed by atoms with van der Waals surface area (Å²) in [7, 11) is 0. The van der Waals surface area contributed by atoms with E-state index in [2.05, 4.69) is 72.1 Å². The number of benzene rings is 2. The van der Waals surface area contributed by atoms with Crippen LogP contribution in [-0.2, 0) is 19.3 Å². The van der Waals surface area contributed by atoms with Crippen molar-refractivity contribution in [2.75, 3.05) is 5.32 Å². The molecule has 0 aliphatic heterocycles. The smallest absolute Gasteiger partial charge is 0.116 e. The highest BCUT2D eigenvalue weighted by Crippen LogP contribution is 2.24. The molecule has 1 aromatic heterocycles. The summed E-state index contributed by atoms with van der Waals surface area (Å²) in [4.78, 5) is 9.06. The molecule has 128 valence electrons. The van der Waals surface area contributed by atoms with Gasteiger partial charge < -0.3 is 5.32 Å². The van der Waals surface area contributed by atoms with E-state index in [1.165, 1.54) is 16.7 Å². The van der Waals surface area contributed by atoms with E-state index in [0.29, 0.717) is 0 Å². The Bertz CT molecular complexity index is 912. The first-order valence-electron chi connectivity index (χ1n) is 8.87. The summed E-state index contributed by atoms with van der Waals surface area (Å²) in [5, 5.41) is 4.44.